The van der Waals surface area contributed by atoms with Gasteiger partial charge in [-0.1, -0.05) is 194 Å². The fourth-order valence-electron chi connectivity index (χ4n) is 12.9. The van der Waals surface area contributed by atoms with Crippen molar-refractivity contribution in [3.63, 3.8) is 0 Å². The van der Waals surface area contributed by atoms with Crippen molar-refractivity contribution in [2.45, 2.75) is 23.7 Å². The summed E-state index contributed by atoms with van der Waals surface area (Å²) in [5.41, 5.74) is 24.8. The van der Waals surface area contributed by atoms with Crippen molar-refractivity contribution in [2.75, 3.05) is 9.80 Å². The van der Waals surface area contributed by atoms with Gasteiger partial charge in [0, 0.05) is 34.1 Å². The predicted octanol–water partition coefficient (Wildman–Crippen LogP) is 17.1. The molecular weight excluding hydrogens is 845 g/mol. The Morgan fingerprint density at radius 3 is 1.03 bits per heavy atom. The van der Waals surface area contributed by atoms with E-state index in [0.717, 1.165) is 41.3 Å². The van der Waals surface area contributed by atoms with Crippen LogP contribution in [0.4, 0.5) is 28.4 Å². The lowest BCUT2D eigenvalue weighted by molar-refractivity contribution is 0.632. The maximum Gasteiger partial charge on any atom is 0.0720 e. The molecule has 0 radical (unpaired) electrons. The van der Waals surface area contributed by atoms with Gasteiger partial charge in [-0.15, -0.1) is 0 Å². The fraction of sp³-hybridized carbons (Fsp3) is 0.0588. The van der Waals surface area contributed by atoms with E-state index in [0.29, 0.717) is 0 Å². The highest BCUT2D eigenvalue weighted by Crippen LogP contribution is 2.67. The molecule has 0 saturated carbocycles. The van der Waals surface area contributed by atoms with Crippen LogP contribution in [-0.4, -0.2) is 0 Å². The van der Waals surface area contributed by atoms with E-state index in [1.807, 2.05) is 0 Å². The molecule has 2 heteroatoms. The zero-order chi connectivity index (χ0) is 46.2. The van der Waals surface area contributed by atoms with E-state index >= 15 is 0 Å². The van der Waals surface area contributed by atoms with E-state index < -0.39 is 10.8 Å². The van der Waals surface area contributed by atoms with Crippen LogP contribution in [0.5, 0.6) is 0 Å². The molecule has 0 amide bonds. The highest BCUT2D eigenvalue weighted by Gasteiger charge is 2.58. The number of fused-ring (bicyclic) bond motifs is 16. The molecule has 0 atom stereocenters. The lowest BCUT2D eigenvalue weighted by Crippen LogP contribution is -2.43. The van der Waals surface area contributed by atoms with Crippen LogP contribution in [0, 0.1) is 0 Å². The van der Waals surface area contributed by atoms with E-state index in [1.165, 1.54) is 83.6 Å². The monoisotopic (exact) mass is 892 g/mol. The van der Waals surface area contributed by atoms with Gasteiger partial charge < -0.3 is 9.80 Å². The van der Waals surface area contributed by atoms with E-state index in [1.54, 1.807) is 0 Å². The van der Waals surface area contributed by atoms with Crippen LogP contribution in [0.3, 0.4) is 0 Å². The van der Waals surface area contributed by atoms with Crippen molar-refractivity contribution in [1.82, 2.24) is 0 Å². The second kappa shape index (κ2) is 15.9. The zero-order valence-corrected chi connectivity index (χ0v) is 38.7. The molecule has 4 aliphatic rings. The second-order valence-electron chi connectivity index (χ2n) is 19.0. The van der Waals surface area contributed by atoms with Crippen molar-refractivity contribution < 1.29 is 0 Å². The van der Waals surface area contributed by atoms with Gasteiger partial charge in [0.1, 0.15) is 0 Å². The van der Waals surface area contributed by atoms with E-state index in [-0.39, 0.29) is 0 Å². The molecule has 0 bridgehead atoms. The van der Waals surface area contributed by atoms with Gasteiger partial charge in [-0.05, 0) is 164 Å². The quantitative estimate of drug-likeness (QED) is 0.157. The summed E-state index contributed by atoms with van der Waals surface area (Å²) in [5, 5.41) is 0. The topological polar surface area (TPSA) is 6.48 Å². The van der Waals surface area contributed by atoms with Crippen LogP contribution in [-0.2, 0) is 10.8 Å². The third-order valence-corrected chi connectivity index (χ3v) is 15.7. The summed E-state index contributed by atoms with van der Waals surface area (Å²) >= 11 is 0. The number of anilines is 5. The Kier molecular flexibility index (Phi) is 9.19. The maximum absolute atomic E-state index is 2.56. The fourth-order valence-corrected chi connectivity index (χ4v) is 12.9. The first-order valence-electron chi connectivity index (χ1n) is 24.6. The Hall–Kier alpha value is -8.72. The molecule has 0 unspecified atom stereocenters. The highest BCUT2D eigenvalue weighted by atomic mass is 15.2. The Bertz CT molecular complexity index is 3580. The third kappa shape index (κ3) is 5.74. The minimum atomic E-state index is -0.518. The van der Waals surface area contributed by atoms with Gasteiger partial charge in [0.25, 0.3) is 0 Å². The SMILES string of the molecule is C1=C(c2ccc3c(c2)C2(c4ccccc4-3)c3ccccc3C3(c4ccccc4-c4ccccc43)c3ccccc32)CCC(N(c2ccccc2)c2ccc(N(c3ccccc3)c3ccccc3)cc2)=C1. The van der Waals surface area contributed by atoms with Gasteiger partial charge in [0.2, 0.25) is 0 Å². The maximum atomic E-state index is 2.56. The summed E-state index contributed by atoms with van der Waals surface area (Å²) < 4.78 is 0. The Morgan fingerprint density at radius 1 is 0.257 bits per heavy atom. The third-order valence-electron chi connectivity index (χ3n) is 15.7. The summed E-state index contributed by atoms with van der Waals surface area (Å²) in [6.45, 7) is 0. The van der Waals surface area contributed by atoms with Gasteiger partial charge in [0.15, 0.2) is 0 Å². The van der Waals surface area contributed by atoms with E-state index in [9.17, 15) is 0 Å². The van der Waals surface area contributed by atoms with Gasteiger partial charge in [-0.3, -0.25) is 0 Å². The number of hydrogen-bond acceptors (Lipinski definition) is 2. The Balaban J connectivity index is 0.896. The summed E-state index contributed by atoms with van der Waals surface area (Å²) in [5.74, 6) is 0. The summed E-state index contributed by atoms with van der Waals surface area (Å²) in [7, 11) is 0. The molecule has 0 aliphatic heterocycles. The molecule has 0 saturated heterocycles. The minimum Gasteiger partial charge on any atom is -0.314 e. The first-order chi connectivity index (χ1) is 34.7. The Labute approximate surface area is 410 Å². The van der Waals surface area contributed by atoms with Crippen molar-refractivity contribution in [1.29, 1.82) is 0 Å². The standard InChI is InChI=1S/C68H48N2/c1-4-20-49(21-5-1)69(50-22-6-2-7-23-50)53-41-43-54(44-42-53)70(51-24-8-3-9-25-51)52-39-36-47(37-40-52)48-38-45-58-57-28-12-15-31-61(57)68(66(58)46-48)64-34-18-16-32-62(64)67(63-33-17-19-35-65(63)68)59-29-13-10-26-55(59)56-27-11-14-30-60(56)67/h1-36,38-39,41-46H,37,40H2. The van der Waals surface area contributed by atoms with Gasteiger partial charge in [0.05, 0.1) is 10.8 Å². The molecule has 4 aliphatic carbocycles. The minimum absolute atomic E-state index is 0.456. The number of nitrogens with zero attached hydrogens (tertiary/aromatic N) is 2. The predicted molar refractivity (Wildman–Crippen MR) is 290 cm³/mol. The van der Waals surface area contributed by atoms with E-state index in [2.05, 4.69) is 277 Å². The molecule has 0 fully saturated rings. The van der Waals surface area contributed by atoms with Crippen molar-refractivity contribution in [3.8, 4) is 22.3 Å². The molecule has 70 heavy (non-hydrogen) atoms. The zero-order valence-electron chi connectivity index (χ0n) is 38.7. The van der Waals surface area contributed by atoms with Crippen LogP contribution in [0.1, 0.15) is 62.9 Å². The van der Waals surface area contributed by atoms with Crippen LogP contribution < -0.4 is 9.80 Å². The molecule has 0 aromatic heterocycles. The van der Waals surface area contributed by atoms with Crippen LogP contribution >= 0.6 is 0 Å². The van der Waals surface area contributed by atoms with Crippen molar-refractivity contribution in [3.05, 3.63) is 323 Å². The molecule has 0 N–H and O–H groups in total. The average molecular weight is 893 g/mol. The molecule has 14 rings (SSSR count). The normalized spacial score (nSPS) is 14.9. The van der Waals surface area contributed by atoms with E-state index in [4.69, 9.17) is 0 Å². The first-order valence-corrected chi connectivity index (χ1v) is 24.6. The molecule has 10 aromatic carbocycles. The van der Waals surface area contributed by atoms with Gasteiger partial charge >= 0.3 is 0 Å². The molecule has 330 valence electrons. The van der Waals surface area contributed by atoms with Crippen molar-refractivity contribution >= 4 is 34.0 Å². The lowest BCUT2D eigenvalue weighted by Gasteiger charge is -2.48. The lowest BCUT2D eigenvalue weighted by atomic mass is 9.52. The summed E-state index contributed by atoms with van der Waals surface area (Å²) in [6, 6.07) is 94.7. The molecule has 2 spiro atoms. The average Bonchev–Trinajstić information content (AvgIpc) is 3.91. The number of hydrogen-bond donors (Lipinski definition) is 0. The molecule has 0 heterocycles. The summed E-state index contributed by atoms with van der Waals surface area (Å²) in [4.78, 5) is 4.76. The number of benzene rings is 10. The first kappa shape index (κ1) is 40.4. The largest absolute Gasteiger partial charge is 0.314 e. The second-order valence-corrected chi connectivity index (χ2v) is 19.0. The number of rotatable bonds is 7. The smallest absolute Gasteiger partial charge is 0.0720 e. The van der Waals surface area contributed by atoms with Crippen LogP contribution in [0.2, 0.25) is 0 Å². The highest BCUT2D eigenvalue weighted by molar-refractivity contribution is 5.94. The number of para-hydroxylation sites is 3. The molecule has 2 nitrogen and oxygen atoms in total. The van der Waals surface area contributed by atoms with Crippen LogP contribution in [0.15, 0.2) is 273 Å². The van der Waals surface area contributed by atoms with Gasteiger partial charge in [-0.25, -0.2) is 0 Å². The molecule has 10 aromatic rings. The van der Waals surface area contributed by atoms with Crippen LogP contribution in [0.25, 0.3) is 27.8 Å². The number of allylic oxidation sites excluding steroid dienone is 4. The van der Waals surface area contributed by atoms with Crippen molar-refractivity contribution in [2.24, 2.45) is 0 Å². The summed E-state index contributed by atoms with van der Waals surface area (Å²) in [6.07, 6.45) is 6.57. The van der Waals surface area contributed by atoms with Gasteiger partial charge in [-0.2, -0.15) is 0 Å². The Morgan fingerprint density at radius 2 is 0.600 bits per heavy atom. The molecular formula is C68H48N2.